The molecule has 0 spiro atoms. The number of rotatable bonds is 11. The largest absolute Gasteiger partial charge is 0.469 e. The molecule has 0 aliphatic carbocycles. The summed E-state index contributed by atoms with van der Waals surface area (Å²) in [6.07, 6.45) is 3.24. The molecular weight excluding hydrogens is 342 g/mol. The van der Waals surface area contributed by atoms with E-state index in [1.54, 1.807) is 11.8 Å². The van der Waals surface area contributed by atoms with E-state index in [2.05, 4.69) is 27.2 Å². The number of ether oxygens (including phenoxy) is 1. The third-order valence-electron chi connectivity index (χ3n) is 2.55. The van der Waals surface area contributed by atoms with Crippen LogP contribution in [0.4, 0.5) is 0 Å². The maximum absolute atomic E-state index is 11.7. The maximum Gasteiger partial charge on any atom is 0.305 e. The van der Waals surface area contributed by atoms with Gasteiger partial charge >= 0.3 is 5.97 Å². The number of aromatic nitrogens is 2. The molecular formula is C13H21N3O3S3. The zero-order chi connectivity index (χ0) is 16.2. The van der Waals surface area contributed by atoms with Gasteiger partial charge in [0.15, 0.2) is 8.68 Å². The first kappa shape index (κ1) is 19.2. The van der Waals surface area contributed by atoms with E-state index in [0.29, 0.717) is 25.1 Å². The van der Waals surface area contributed by atoms with Crippen molar-refractivity contribution in [2.45, 2.75) is 41.3 Å². The number of hydrogen-bond donors (Lipinski definition) is 1. The number of hydrogen-bond acceptors (Lipinski definition) is 8. The van der Waals surface area contributed by atoms with Gasteiger partial charge in [0.05, 0.1) is 12.9 Å². The Morgan fingerprint density at radius 1 is 1.23 bits per heavy atom. The van der Waals surface area contributed by atoms with E-state index in [9.17, 15) is 9.59 Å². The van der Waals surface area contributed by atoms with Crippen LogP contribution in [0.1, 0.15) is 32.6 Å². The lowest BCUT2D eigenvalue weighted by Gasteiger charge is -2.03. The zero-order valence-corrected chi connectivity index (χ0v) is 15.2. The highest BCUT2D eigenvalue weighted by atomic mass is 32.2. The van der Waals surface area contributed by atoms with Crippen molar-refractivity contribution in [2.75, 3.05) is 25.2 Å². The normalized spacial score (nSPS) is 10.5. The van der Waals surface area contributed by atoms with Crippen LogP contribution in [0.2, 0.25) is 0 Å². The Labute approximate surface area is 143 Å². The molecule has 1 heterocycles. The average molecular weight is 364 g/mol. The second-order valence-corrected chi connectivity index (χ2v) is 7.90. The van der Waals surface area contributed by atoms with Crippen molar-refractivity contribution >= 4 is 46.7 Å². The minimum atomic E-state index is -0.259. The SMILES string of the molecule is CCCCSc1nnc(SCC(=O)NCCCC(=O)OC)s1. The topological polar surface area (TPSA) is 81.2 Å². The summed E-state index contributed by atoms with van der Waals surface area (Å²) >= 11 is 4.62. The highest BCUT2D eigenvalue weighted by molar-refractivity contribution is 8.03. The summed E-state index contributed by atoms with van der Waals surface area (Å²) in [5, 5.41) is 10.9. The van der Waals surface area contributed by atoms with Gasteiger partial charge in [0.1, 0.15) is 0 Å². The van der Waals surface area contributed by atoms with Crippen molar-refractivity contribution in [3.8, 4) is 0 Å². The first-order chi connectivity index (χ1) is 10.7. The second kappa shape index (κ2) is 11.7. The number of thioether (sulfide) groups is 2. The minimum absolute atomic E-state index is 0.0646. The van der Waals surface area contributed by atoms with Crippen LogP contribution in [0.25, 0.3) is 0 Å². The number of methoxy groups -OCH3 is 1. The Morgan fingerprint density at radius 2 is 1.95 bits per heavy atom. The molecule has 9 heteroatoms. The van der Waals surface area contributed by atoms with E-state index >= 15 is 0 Å². The monoisotopic (exact) mass is 363 g/mol. The van der Waals surface area contributed by atoms with Crippen molar-refractivity contribution in [1.29, 1.82) is 0 Å². The third-order valence-corrected chi connectivity index (χ3v) is 5.82. The van der Waals surface area contributed by atoms with Gasteiger partial charge in [0, 0.05) is 18.7 Å². The Balaban J connectivity index is 2.14. The predicted octanol–water partition coefficient (Wildman–Crippen LogP) is 2.59. The number of esters is 1. The molecule has 22 heavy (non-hydrogen) atoms. The molecule has 0 bridgehead atoms. The third kappa shape index (κ3) is 8.60. The molecule has 1 rings (SSSR count). The van der Waals surface area contributed by atoms with Crippen LogP contribution in [0.3, 0.4) is 0 Å². The highest BCUT2D eigenvalue weighted by Crippen LogP contribution is 2.29. The van der Waals surface area contributed by atoms with Gasteiger partial charge in [0.2, 0.25) is 5.91 Å². The number of carbonyl (C=O) groups excluding carboxylic acids is 2. The van der Waals surface area contributed by atoms with Crippen LogP contribution in [-0.4, -0.2) is 47.2 Å². The van der Waals surface area contributed by atoms with Crippen LogP contribution >= 0.6 is 34.9 Å². The van der Waals surface area contributed by atoms with Crippen molar-refractivity contribution in [3.05, 3.63) is 0 Å². The molecule has 0 radical (unpaired) electrons. The summed E-state index contributed by atoms with van der Waals surface area (Å²) < 4.78 is 6.29. The molecule has 0 saturated carbocycles. The standard InChI is InChI=1S/C13H21N3O3S3/c1-3-4-8-20-12-15-16-13(22-12)21-9-10(17)14-7-5-6-11(18)19-2/h3-9H2,1-2H3,(H,14,17). The molecule has 0 fully saturated rings. The summed E-state index contributed by atoms with van der Waals surface area (Å²) in [6.45, 7) is 2.63. The maximum atomic E-state index is 11.7. The molecule has 0 unspecified atom stereocenters. The van der Waals surface area contributed by atoms with E-state index < -0.39 is 0 Å². The zero-order valence-electron chi connectivity index (χ0n) is 12.8. The van der Waals surface area contributed by atoms with Gasteiger partial charge in [-0.05, 0) is 12.8 Å². The molecule has 0 saturated heterocycles. The Hall–Kier alpha value is -0.800. The molecule has 0 aromatic carbocycles. The second-order valence-electron chi connectivity index (χ2n) is 4.35. The van der Waals surface area contributed by atoms with Crippen LogP contribution in [0.15, 0.2) is 8.68 Å². The Kier molecular flexibility index (Phi) is 10.3. The summed E-state index contributed by atoms with van der Waals surface area (Å²) in [4.78, 5) is 22.6. The number of nitrogens with one attached hydrogen (secondary N) is 1. The number of carbonyl (C=O) groups is 2. The molecule has 1 N–H and O–H groups in total. The Bertz CT molecular complexity index is 468. The molecule has 1 amide bonds. The molecule has 0 aliphatic heterocycles. The quantitative estimate of drug-likeness (QED) is 0.368. The number of amides is 1. The van der Waals surface area contributed by atoms with Gasteiger partial charge in [-0.1, -0.05) is 48.2 Å². The lowest BCUT2D eigenvalue weighted by molar-refractivity contribution is -0.140. The smallest absolute Gasteiger partial charge is 0.305 e. The number of unbranched alkanes of at least 4 members (excludes halogenated alkanes) is 1. The first-order valence-corrected chi connectivity index (χ1v) is 9.87. The van der Waals surface area contributed by atoms with E-state index in [4.69, 9.17) is 0 Å². The lowest BCUT2D eigenvalue weighted by Crippen LogP contribution is -2.26. The summed E-state index contributed by atoms with van der Waals surface area (Å²) in [5.41, 5.74) is 0. The molecule has 0 aliphatic rings. The first-order valence-electron chi connectivity index (χ1n) is 7.08. The van der Waals surface area contributed by atoms with E-state index in [1.165, 1.54) is 43.1 Å². The summed E-state index contributed by atoms with van der Waals surface area (Å²) in [6, 6.07) is 0. The fourth-order valence-corrected chi connectivity index (χ4v) is 4.36. The molecule has 1 aromatic rings. The fraction of sp³-hybridized carbons (Fsp3) is 0.692. The molecule has 0 atom stereocenters. The van der Waals surface area contributed by atoms with Crippen LogP contribution in [0, 0.1) is 0 Å². The molecule has 1 aromatic heterocycles. The Morgan fingerprint density at radius 3 is 2.64 bits per heavy atom. The van der Waals surface area contributed by atoms with Gasteiger partial charge in [0.25, 0.3) is 0 Å². The average Bonchev–Trinajstić information content (AvgIpc) is 2.97. The molecule has 6 nitrogen and oxygen atoms in total. The number of nitrogens with zero attached hydrogens (tertiary/aromatic N) is 2. The van der Waals surface area contributed by atoms with Crippen LogP contribution < -0.4 is 5.32 Å². The van der Waals surface area contributed by atoms with Gasteiger partial charge < -0.3 is 10.1 Å². The van der Waals surface area contributed by atoms with Crippen molar-refractivity contribution in [2.24, 2.45) is 0 Å². The van der Waals surface area contributed by atoms with E-state index in [1.807, 2.05) is 0 Å². The fourth-order valence-electron chi connectivity index (χ4n) is 1.36. The van der Waals surface area contributed by atoms with E-state index in [-0.39, 0.29) is 11.9 Å². The molecule has 124 valence electrons. The van der Waals surface area contributed by atoms with E-state index in [0.717, 1.165) is 14.4 Å². The van der Waals surface area contributed by atoms with Crippen LogP contribution in [0.5, 0.6) is 0 Å². The van der Waals surface area contributed by atoms with Crippen molar-refractivity contribution in [3.63, 3.8) is 0 Å². The minimum Gasteiger partial charge on any atom is -0.469 e. The predicted molar refractivity (Wildman–Crippen MR) is 90.5 cm³/mol. The van der Waals surface area contributed by atoms with Crippen molar-refractivity contribution in [1.82, 2.24) is 15.5 Å². The summed E-state index contributed by atoms with van der Waals surface area (Å²) in [7, 11) is 1.36. The summed E-state index contributed by atoms with van der Waals surface area (Å²) in [5.74, 6) is 1.04. The van der Waals surface area contributed by atoms with Crippen LogP contribution in [-0.2, 0) is 14.3 Å². The van der Waals surface area contributed by atoms with Gasteiger partial charge in [-0.2, -0.15) is 0 Å². The lowest BCUT2D eigenvalue weighted by atomic mass is 10.3. The van der Waals surface area contributed by atoms with Gasteiger partial charge in [-0.15, -0.1) is 10.2 Å². The van der Waals surface area contributed by atoms with Gasteiger partial charge in [-0.3, -0.25) is 9.59 Å². The van der Waals surface area contributed by atoms with Gasteiger partial charge in [-0.25, -0.2) is 0 Å². The highest BCUT2D eigenvalue weighted by Gasteiger charge is 2.08. The van der Waals surface area contributed by atoms with Crippen molar-refractivity contribution < 1.29 is 14.3 Å².